The molecule has 1 saturated heterocycles. The van der Waals surface area contributed by atoms with Crippen molar-refractivity contribution in [2.45, 2.75) is 20.3 Å². The summed E-state index contributed by atoms with van der Waals surface area (Å²) in [6.45, 7) is 3.62. The Morgan fingerprint density at radius 1 is 1.14 bits per heavy atom. The number of para-hydroxylation sites is 1. The van der Waals surface area contributed by atoms with Crippen LogP contribution in [-0.2, 0) is 19.1 Å². The first kappa shape index (κ1) is 19.9. The molecule has 1 heterocycles. The van der Waals surface area contributed by atoms with E-state index in [1.54, 1.807) is 24.3 Å². The molecule has 2 aromatic carbocycles. The van der Waals surface area contributed by atoms with Gasteiger partial charge in [-0.15, -0.1) is 0 Å². The average molecular weight is 401 g/mol. The molecule has 1 atom stereocenters. The van der Waals surface area contributed by atoms with Gasteiger partial charge in [0.05, 0.1) is 5.92 Å². The maximum Gasteiger partial charge on any atom is 0.311 e. The van der Waals surface area contributed by atoms with Crippen molar-refractivity contribution in [1.29, 1.82) is 0 Å². The molecule has 7 heteroatoms. The van der Waals surface area contributed by atoms with Gasteiger partial charge >= 0.3 is 5.97 Å². The molecular weight excluding hydrogens is 380 g/mol. The number of halogens is 1. The zero-order valence-corrected chi connectivity index (χ0v) is 16.5. The number of amides is 2. The van der Waals surface area contributed by atoms with E-state index in [0.29, 0.717) is 16.4 Å². The number of carbonyl (C=O) groups excluding carboxylic acids is 3. The Labute approximate surface area is 168 Å². The van der Waals surface area contributed by atoms with Crippen LogP contribution in [0.4, 0.5) is 11.4 Å². The first-order valence-corrected chi connectivity index (χ1v) is 9.31. The van der Waals surface area contributed by atoms with Crippen LogP contribution in [0.25, 0.3) is 0 Å². The van der Waals surface area contributed by atoms with Gasteiger partial charge < -0.3 is 15.0 Å². The summed E-state index contributed by atoms with van der Waals surface area (Å²) < 4.78 is 5.14. The van der Waals surface area contributed by atoms with Crippen LogP contribution in [0.3, 0.4) is 0 Å². The van der Waals surface area contributed by atoms with Crippen molar-refractivity contribution in [3.05, 3.63) is 58.6 Å². The number of benzene rings is 2. The van der Waals surface area contributed by atoms with Crippen molar-refractivity contribution in [3.8, 4) is 0 Å². The molecule has 0 unspecified atom stereocenters. The standard InChI is InChI=1S/C21H21ClN2O4/c1-13-4-3-5-14(2)20(13)23-18(25)12-28-21(27)15-10-19(26)24(11-15)17-8-6-16(22)7-9-17/h3-9,15H,10-12H2,1-2H3,(H,23,25)/t15-/m1/s1. The third kappa shape index (κ3) is 4.51. The van der Waals surface area contributed by atoms with Crippen LogP contribution in [-0.4, -0.2) is 30.9 Å². The second-order valence-corrected chi connectivity index (χ2v) is 7.24. The quantitative estimate of drug-likeness (QED) is 0.779. The van der Waals surface area contributed by atoms with E-state index < -0.39 is 24.4 Å². The van der Waals surface area contributed by atoms with Crippen LogP contribution in [0, 0.1) is 19.8 Å². The molecular formula is C21H21ClN2O4. The van der Waals surface area contributed by atoms with E-state index in [2.05, 4.69) is 5.32 Å². The summed E-state index contributed by atoms with van der Waals surface area (Å²) in [4.78, 5) is 38.2. The summed E-state index contributed by atoms with van der Waals surface area (Å²) in [5, 5.41) is 3.34. The minimum atomic E-state index is -0.601. The number of hydrogen-bond donors (Lipinski definition) is 1. The van der Waals surface area contributed by atoms with Gasteiger partial charge in [0.15, 0.2) is 6.61 Å². The van der Waals surface area contributed by atoms with E-state index in [9.17, 15) is 14.4 Å². The van der Waals surface area contributed by atoms with Gasteiger partial charge in [-0.2, -0.15) is 0 Å². The van der Waals surface area contributed by atoms with E-state index in [1.165, 1.54) is 4.90 Å². The van der Waals surface area contributed by atoms with Crippen molar-refractivity contribution in [2.24, 2.45) is 5.92 Å². The largest absolute Gasteiger partial charge is 0.455 e. The molecule has 2 amide bonds. The van der Waals surface area contributed by atoms with Crippen molar-refractivity contribution in [2.75, 3.05) is 23.4 Å². The number of ether oxygens (including phenoxy) is 1. The number of esters is 1. The molecule has 1 N–H and O–H groups in total. The number of carbonyl (C=O) groups is 3. The van der Waals surface area contributed by atoms with Crippen LogP contribution in [0.15, 0.2) is 42.5 Å². The highest BCUT2D eigenvalue weighted by atomic mass is 35.5. The minimum absolute atomic E-state index is 0.0555. The Kier molecular flexibility index (Phi) is 5.99. The molecule has 0 spiro atoms. The maximum absolute atomic E-state index is 12.3. The SMILES string of the molecule is Cc1cccc(C)c1NC(=O)COC(=O)[C@@H]1CC(=O)N(c2ccc(Cl)cc2)C1. The van der Waals surface area contributed by atoms with E-state index in [-0.39, 0.29) is 18.9 Å². The van der Waals surface area contributed by atoms with Crippen LogP contribution >= 0.6 is 11.6 Å². The van der Waals surface area contributed by atoms with Crippen molar-refractivity contribution >= 4 is 40.8 Å². The lowest BCUT2D eigenvalue weighted by Gasteiger charge is -2.16. The predicted octanol–water partition coefficient (Wildman–Crippen LogP) is 3.49. The first-order chi connectivity index (χ1) is 13.3. The van der Waals surface area contributed by atoms with E-state index >= 15 is 0 Å². The monoisotopic (exact) mass is 400 g/mol. The van der Waals surface area contributed by atoms with E-state index in [4.69, 9.17) is 16.3 Å². The van der Waals surface area contributed by atoms with Crippen LogP contribution < -0.4 is 10.2 Å². The Hall–Kier alpha value is -2.86. The number of nitrogens with zero attached hydrogens (tertiary/aromatic N) is 1. The highest BCUT2D eigenvalue weighted by Crippen LogP contribution is 2.27. The highest BCUT2D eigenvalue weighted by molar-refractivity contribution is 6.30. The smallest absolute Gasteiger partial charge is 0.311 e. The average Bonchev–Trinajstić information content (AvgIpc) is 3.05. The van der Waals surface area contributed by atoms with Crippen LogP contribution in [0.5, 0.6) is 0 Å². The zero-order chi connectivity index (χ0) is 20.3. The molecule has 2 aromatic rings. The normalized spacial score (nSPS) is 16.2. The summed E-state index contributed by atoms with van der Waals surface area (Å²) in [5.41, 5.74) is 3.25. The van der Waals surface area contributed by atoms with Crippen LogP contribution in [0.1, 0.15) is 17.5 Å². The van der Waals surface area contributed by atoms with Gasteiger partial charge in [0.25, 0.3) is 5.91 Å². The summed E-state index contributed by atoms with van der Waals surface area (Å²) >= 11 is 5.87. The number of nitrogens with one attached hydrogen (secondary N) is 1. The first-order valence-electron chi connectivity index (χ1n) is 8.94. The number of rotatable bonds is 5. The van der Waals surface area contributed by atoms with Gasteiger partial charge in [0.1, 0.15) is 0 Å². The van der Waals surface area contributed by atoms with Gasteiger partial charge in [-0.3, -0.25) is 14.4 Å². The lowest BCUT2D eigenvalue weighted by molar-refractivity contribution is -0.151. The third-order valence-corrected chi connectivity index (χ3v) is 4.94. The Balaban J connectivity index is 1.54. The fourth-order valence-electron chi connectivity index (χ4n) is 3.18. The molecule has 146 valence electrons. The summed E-state index contributed by atoms with van der Waals surface area (Å²) in [6.07, 6.45) is 0.0555. The Morgan fingerprint density at radius 2 is 1.79 bits per heavy atom. The second-order valence-electron chi connectivity index (χ2n) is 6.80. The number of hydrogen-bond acceptors (Lipinski definition) is 4. The van der Waals surface area contributed by atoms with Gasteiger partial charge in [0, 0.05) is 29.4 Å². The van der Waals surface area contributed by atoms with Gasteiger partial charge in [0.2, 0.25) is 5.91 Å². The third-order valence-electron chi connectivity index (χ3n) is 4.69. The molecule has 28 heavy (non-hydrogen) atoms. The Morgan fingerprint density at radius 3 is 2.43 bits per heavy atom. The van der Waals surface area contributed by atoms with Crippen molar-refractivity contribution in [1.82, 2.24) is 0 Å². The lowest BCUT2D eigenvalue weighted by Crippen LogP contribution is -2.28. The van der Waals surface area contributed by atoms with Crippen molar-refractivity contribution in [3.63, 3.8) is 0 Å². The fraction of sp³-hybridized carbons (Fsp3) is 0.286. The number of anilines is 2. The topological polar surface area (TPSA) is 75.7 Å². The molecule has 3 rings (SSSR count). The van der Waals surface area contributed by atoms with Gasteiger partial charge in [-0.05, 0) is 49.2 Å². The lowest BCUT2D eigenvalue weighted by atomic mass is 10.1. The van der Waals surface area contributed by atoms with E-state index in [1.807, 2.05) is 32.0 Å². The molecule has 0 radical (unpaired) electrons. The Bertz CT molecular complexity index is 891. The second kappa shape index (κ2) is 8.44. The minimum Gasteiger partial charge on any atom is -0.455 e. The van der Waals surface area contributed by atoms with Gasteiger partial charge in [-0.1, -0.05) is 29.8 Å². The zero-order valence-electron chi connectivity index (χ0n) is 15.7. The summed E-state index contributed by atoms with van der Waals surface area (Å²) in [6, 6.07) is 12.5. The highest BCUT2D eigenvalue weighted by Gasteiger charge is 2.36. The molecule has 1 aliphatic heterocycles. The van der Waals surface area contributed by atoms with Crippen molar-refractivity contribution < 1.29 is 19.1 Å². The molecule has 0 aromatic heterocycles. The number of aryl methyl sites for hydroxylation is 2. The predicted molar refractivity (Wildman–Crippen MR) is 107 cm³/mol. The molecule has 1 aliphatic rings. The molecule has 0 bridgehead atoms. The van der Waals surface area contributed by atoms with Crippen LogP contribution in [0.2, 0.25) is 5.02 Å². The molecule has 0 saturated carbocycles. The van der Waals surface area contributed by atoms with E-state index in [0.717, 1.165) is 11.1 Å². The molecule has 1 fully saturated rings. The maximum atomic E-state index is 12.3. The fourth-order valence-corrected chi connectivity index (χ4v) is 3.30. The summed E-state index contributed by atoms with van der Waals surface area (Å²) in [5.74, 6) is -1.73. The summed E-state index contributed by atoms with van der Waals surface area (Å²) in [7, 11) is 0. The molecule has 6 nitrogen and oxygen atoms in total. The molecule has 0 aliphatic carbocycles. The van der Waals surface area contributed by atoms with Gasteiger partial charge in [-0.25, -0.2) is 0 Å².